The van der Waals surface area contributed by atoms with E-state index in [0.29, 0.717) is 18.5 Å². The zero-order valence-electron chi connectivity index (χ0n) is 18.1. The molecular weight excluding hydrogens is 405 g/mol. The van der Waals surface area contributed by atoms with E-state index in [-0.39, 0.29) is 29.3 Å². The van der Waals surface area contributed by atoms with Gasteiger partial charge in [0.15, 0.2) is 0 Å². The number of esters is 1. The van der Waals surface area contributed by atoms with Crippen molar-refractivity contribution in [2.24, 2.45) is 0 Å². The summed E-state index contributed by atoms with van der Waals surface area (Å²) >= 11 is 0. The second-order valence-electron chi connectivity index (χ2n) is 9.13. The minimum Gasteiger partial charge on any atom is -0.462 e. The molecule has 0 spiro atoms. The fraction of sp³-hybridized carbons (Fsp3) is 0.545. The lowest BCUT2D eigenvalue weighted by molar-refractivity contribution is 0.0489. The molecule has 1 amide bonds. The van der Waals surface area contributed by atoms with Crippen molar-refractivity contribution < 1.29 is 23.5 Å². The Balaban J connectivity index is 1.79. The van der Waals surface area contributed by atoms with Crippen LogP contribution in [0.5, 0.6) is 0 Å². The lowest BCUT2D eigenvalue weighted by atomic mass is 10.1. The zero-order chi connectivity index (χ0) is 22.6. The van der Waals surface area contributed by atoms with Gasteiger partial charge in [-0.05, 0) is 59.4 Å². The van der Waals surface area contributed by atoms with Crippen LogP contribution in [0.15, 0.2) is 17.1 Å². The van der Waals surface area contributed by atoms with Gasteiger partial charge in [-0.3, -0.25) is 4.79 Å². The first-order valence-electron chi connectivity index (χ1n) is 10.5. The summed E-state index contributed by atoms with van der Waals surface area (Å²) in [6.45, 7) is 7.02. The molecule has 0 aliphatic heterocycles. The van der Waals surface area contributed by atoms with Gasteiger partial charge in [-0.25, -0.2) is 19.0 Å². The highest BCUT2D eigenvalue weighted by molar-refractivity contribution is 5.93. The normalized spacial score (nSPS) is 17.3. The number of hydrogen-bond donors (Lipinski definition) is 1. The van der Waals surface area contributed by atoms with Crippen LogP contribution in [0, 0.1) is 5.82 Å². The number of aromatic nitrogens is 2. The third-order valence-corrected chi connectivity index (χ3v) is 5.34. The maximum absolute atomic E-state index is 15.1. The van der Waals surface area contributed by atoms with Crippen LogP contribution in [0.1, 0.15) is 75.5 Å². The molecule has 31 heavy (non-hydrogen) atoms. The van der Waals surface area contributed by atoms with Gasteiger partial charge in [0.2, 0.25) is 5.43 Å². The fourth-order valence-electron chi connectivity index (χ4n) is 3.61. The molecule has 166 valence electrons. The molecule has 4 rings (SSSR count). The summed E-state index contributed by atoms with van der Waals surface area (Å²) in [5.74, 6) is -1.44. The summed E-state index contributed by atoms with van der Waals surface area (Å²) in [5, 5.41) is 2.77. The highest BCUT2D eigenvalue weighted by atomic mass is 19.1. The van der Waals surface area contributed by atoms with E-state index in [0.717, 1.165) is 18.9 Å². The van der Waals surface area contributed by atoms with E-state index < -0.39 is 34.4 Å². The molecule has 0 atom stereocenters. The molecule has 2 heterocycles. The van der Waals surface area contributed by atoms with Crippen LogP contribution >= 0.6 is 0 Å². The van der Waals surface area contributed by atoms with Gasteiger partial charge in [-0.2, -0.15) is 0 Å². The number of halogens is 1. The summed E-state index contributed by atoms with van der Waals surface area (Å²) in [5.41, 5.74) is -2.04. The van der Waals surface area contributed by atoms with Gasteiger partial charge in [-0.15, -0.1) is 0 Å². The van der Waals surface area contributed by atoms with E-state index in [1.54, 1.807) is 32.3 Å². The minimum atomic E-state index is -0.967. The first-order valence-corrected chi connectivity index (χ1v) is 10.5. The molecule has 2 saturated carbocycles. The predicted octanol–water partition coefficient (Wildman–Crippen LogP) is 3.56. The van der Waals surface area contributed by atoms with E-state index in [1.807, 2.05) is 0 Å². The van der Waals surface area contributed by atoms with Crippen LogP contribution in [0.2, 0.25) is 0 Å². The monoisotopic (exact) mass is 431 g/mol. The van der Waals surface area contributed by atoms with E-state index >= 15 is 4.39 Å². The quantitative estimate of drug-likeness (QED) is 0.727. The second kappa shape index (κ2) is 7.32. The van der Waals surface area contributed by atoms with E-state index in [2.05, 4.69) is 10.3 Å². The highest BCUT2D eigenvalue weighted by Gasteiger charge is 2.50. The average molecular weight is 431 g/mol. The zero-order valence-corrected chi connectivity index (χ0v) is 18.1. The summed E-state index contributed by atoms with van der Waals surface area (Å²) in [6, 6.07) is 1.19. The molecule has 0 bridgehead atoms. The van der Waals surface area contributed by atoms with Gasteiger partial charge >= 0.3 is 12.1 Å². The maximum atomic E-state index is 15.1. The number of nitrogens with one attached hydrogen (secondary N) is 1. The number of pyridine rings is 2. The Morgan fingerprint density at radius 3 is 2.55 bits per heavy atom. The third kappa shape index (κ3) is 4.13. The molecule has 0 saturated heterocycles. The van der Waals surface area contributed by atoms with Crippen molar-refractivity contribution in [3.05, 3.63) is 39.6 Å². The van der Waals surface area contributed by atoms with Crippen LogP contribution in [0.25, 0.3) is 11.0 Å². The number of fused-ring (bicyclic) bond motifs is 1. The first-order chi connectivity index (χ1) is 14.5. The molecule has 0 radical (unpaired) electrons. The number of carbonyl (C=O) groups excluding carboxylic acids is 2. The number of carbonyl (C=O) groups is 2. The average Bonchev–Trinajstić information content (AvgIpc) is 3.56. The minimum absolute atomic E-state index is 0.0202. The molecule has 2 aliphatic carbocycles. The van der Waals surface area contributed by atoms with Crippen LogP contribution in [-0.4, -0.2) is 33.8 Å². The maximum Gasteiger partial charge on any atom is 0.408 e. The molecule has 2 aromatic rings. The number of rotatable bonds is 5. The topological polar surface area (TPSA) is 99.5 Å². The summed E-state index contributed by atoms with van der Waals surface area (Å²) < 4.78 is 27.2. The van der Waals surface area contributed by atoms with Gasteiger partial charge in [0.25, 0.3) is 0 Å². The van der Waals surface area contributed by atoms with Gasteiger partial charge in [0.1, 0.15) is 28.3 Å². The third-order valence-electron chi connectivity index (χ3n) is 5.34. The second-order valence-corrected chi connectivity index (χ2v) is 9.13. The Kier molecular flexibility index (Phi) is 5.02. The fourth-order valence-corrected chi connectivity index (χ4v) is 3.61. The Morgan fingerprint density at radius 1 is 1.32 bits per heavy atom. The first kappa shape index (κ1) is 21.3. The lowest BCUT2D eigenvalue weighted by Gasteiger charge is -2.24. The van der Waals surface area contributed by atoms with E-state index in [4.69, 9.17) is 9.47 Å². The number of nitrogens with zero attached hydrogens (tertiary/aromatic N) is 2. The van der Waals surface area contributed by atoms with Gasteiger partial charge in [0.05, 0.1) is 17.5 Å². The van der Waals surface area contributed by atoms with Crippen LogP contribution in [0.4, 0.5) is 9.18 Å². The van der Waals surface area contributed by atoms with Crippen molar-refractivity contribution in [3.8, 4) is 0 Å². The Labute approximate surface area is 178 Å². The Hall–Kier alpha value is -2.97. The van der Waals surface area contributed by atoms with Crippen molar-refractivity contribution in [1.82, 2.24) is 14.9 Å². The van der Waals surface area contributed by atoms with Crippen LogP contribution in [0.3, 0.4) is 0 Å². The molecule has 2 fully saturated rings. The molecule has 1 N–H and O–H groups in total. The van der Waals surface area contributed by atoms with Gasteiger partial charge in [0, 0.05) is 12.2 Å². The van der Waals surface area contributed by atoms with E-state index in [9.17, 15) is 14.4 Å². The van der Waals surface area contributed by atoms with Gasteiger partial charge in [-0.1, -0.05) is 0 Å². The molecule has 0 aromatic carbocycles. The van der Waals surface area contributed by atoms with Crippen molar-refractivity contribution >= 4 is 23.1 Å². The molecule has 2 aliphatic rings. The number of hydrogen-bond acceptors (Lipinski definition) is 6. The molecular formula is C22H26FN3O5. The summed E-state index contributed by atoms with van der Waals surface area (Å²) in [7, 11) is 0. The molecule has 9 heteroatoms. The molecule has 8 nitrogen and oxygen atoms in total. The molecule has 2 aromatic heterocycles. The highest BCUT2D eigenvalue weighted by Crippen LogP contribution is 2.46. The van der Waals surface area contributed by atoms with Crippen molar-refractivity contribution in [3.63, 3.8) is 0 Å². The Morgan fingerprint density at radius 2 is 2.00 bits per heavy atom. The SMILES string of the molecule is CCOC(=O)c1cn(C2CC2)c2nc(C3(NC(=O)OC(C)(C)C)CC3)c(F)cc2c1=O. The number of amides is 1. The van der Waals surface area contributed by atoms with Crippen LogP contribution in [-0.2, 0) is 15.0 Å². The smallest absolute Gasteiger partial charge is 0.408 e. The summed E-state index contributed by atoms with van der Waals surface area (Å²) in [4.78, 5) is 41.9. The predicted molar refractivity (Wildman–Crippen MR) is 110 cm³/mol. The van der Waals surface area contributed by atoms with E-state index in [1.165, 1.54) is 6.20 Å². The number of alkyl carbamates (subject to hydrolysis) is 1. The standard InChI is InChI=1S/C22H26FN3O5/c1-5-30-19(28)14-11-26(12-6-7-12)18-13(16(14)27)10-15(23)17(24-18)22(8-9-22)25-20(29)31-21(2,3)4/h10-12H,5-9H2,1-4H3,(H,25,29). The Bertz CT molecular complexity index is 1130. The lowest BCUT2D eigenvalue weighted by Crippen LogP contribution is -2.40. The number of ether oxygens (including phenoxy) is 2. The van der Waals surface area contributed by atoms with Crippen molar-refractivity contribution in [2.45, 2.75) is 70.6 Å². The van der Waals surface area contributed by atoms with Crippen molar-refractivity contribution in [1.29, 1.82) is 0 Å². The largest absolute Gasteiger partial charge is 0.462 e. The van der Waals surface area contributed by atoms with Gasteiger partial charge < -0.3 is 19.4 Å². The molecule has 0 unspecified atom stereocenters. The van der Waals surface area contributed by atoms with Crippen molar-refractivity contribution in [2.75, 3.05) is 6.61 Å². The van der Waals surface area contributed by atoms with Crippen LogP contribution < -0.4 is 10.7 Å². The summed E-state index contributed by atoms with van der Waals surface area (Å²) in [6.07, 6.45) is 3.57.